The molecule has 1 aliphatic rings. The van der Waals surface area contributed by atoms with Crippen LogP contribution < -0.4 is 4.90 Å². The maximum absolute atomic E-state index is 9.39. The van der Waals surface area contributed by atoms with E-state index in [2.05, 4.69) is 30.9 Å². The number of anilines is 1. The van der Waals surface area contributed by atoms with Crippen molar-refractivity contribution < 1.29 is 0 Å². The van der Waals surface area contributed by atoms with E-state index in [0.717, 1.165) is 24.4 Å². The number of hydrogen-bond acceptors (Lipinski definition) is 4. The Bertz CT molecular complexity index is 563. The number of fused-ring (bicyclic) bond motifs is 1. The van der Waals surface area contributed by atoms with Crippen LogP contribution in [0.3, 0.4) is 0 Å². The van der Waals surface area contributed by atoms with E-state index < -0.39 is 0 Å². The van der Waals surface area contributed by atoms with Crippen molar-refractivity contribution in [3.63, 3.8) is 0 Å². The van der Waals surface area contributed by atoms with Gasteiger partial charge in [-0.3, -0.25) is 0 Å². The highest BCUT2D eigenvalue weighted by Gasteiger charge is 2.20. The van der Waals surface area contributed by atoms with Crippen LogP contribution in [0.15, 0.2) is 6.07 Å². The van der Waals surface area contributed by atoms with Gasteiger partial charge in [0.05, 0.1) is 18.1 Å². The van der Waals surface area contributed by atoms with E-state index >= 15 is 0 Å². The zero-order valence-electron chi connectivity index (χ0n) is 12.2. The Balaban J connectivity index is 2.42. The van der Waals surface area contributed by atoms with E-state index in [1.165, 1.54) is 18.4 Å². The van der Waals surface area contributed by atoms with Crippen LogP contribution in [0.5, 0.6) is 0 Å². The number of aryl methyl sites for hydroxylation is 2. The molecule has 1 aromatic heterocycles. The minimum Gasteiger partial charge on any atom is -0.352 e. The summed E-state index contributed by atoms with van der Waals surface area (Å²) in [5.41, 5.74) is 2.99. The van der Waals surface area contributed by atoms with E-state index in [9.17, 15) is 5.26 Å². The first-order chi connectivity index (χ1) is 9.67. The molecule has 0 amide bonds. The van der Waals surface area contributed by atoms with Crippen LogP contribution in [-0.4, -0.2) is 17.6 Å². The lowest BCUT2D eigenvalue weighted by atomic mass is 9.94. The lowest BCUT2D eigenvalue weighted by Gasteiger charge is -2.29. The van der Waals surface area contributed by atoms with Crippen LogP contribution >= 0.6 is 0 Å². The van der Waals surface area contributed by atoms with Gasteiger partial charge in [0.15, 0.2) is 0 Å². The second-order valence-electron chi connectivity index (χ2n) is 5.48. The first-order valence-electron chi connectivity index (χ1n) is 7.24. The summed E-state index contributed by atoms with van der Waals surface area (Å²) in [5, 5.41) is 18.2. The molecule has 0 fully saturated rings. The monoisotopic (exact) mass is 268 g/mol. The summed E-state index contributed by atoms with van der Waals surface area (Å²) in [6.45, 7) is 4.76. The molecular formula is C16H20N4. The zero-order valence-corrected chi connectivity index (χ0v) is 12.2. The lowest BCUT2D eigenvalue weighted by molar-refractivity contribution is 0.647. The van der Waals surface area contributed by atoms with Gasteiger partial charge in [0.25, 0.3) is 0 Å². The molecule has 20 heavy (non-hydrogen) atoms. The largest absolute Gasteiger partial charge is 0.352 e. The SMILES string of the molecule is CC(C)N(CCC#N)c1nc2c(cc1C#N)CCCC2. The van der Waals surface area contributed by atoms with Gasteiger partial charge >= 0.3 is 0 Å². The van der Waals surface area contributed by atoms with Crippen molar-refractivity contribution in [1.29, 1.82) is 10.5 Å². The molecule has 1 aromatic rings. The third-order valence-electron chi connectivity index (χ3n) is 3.76. The van der Waals surface area contributed by atoms with Crippen molar-refractivity contribution in [2.75, 3.05) is 11.4 Å². The van der Waals surface area contributed by atoms with Crippen molar-refractivity contribution in [3.8, 4) is 12.1 Å². The molecular weight excluding hydrogens is 248 g/mol. The van der Waals surface area contributed by atoms with E-state index in [-0.39, 0.29) is 6.04 Å². The first-order valence-corrected chi connectivity index (χ1v) is 7.24. The standard InChI is InChI=1S/C16H20N4/c1-12(2)20(9-5-8-17)16-14(11-18)10-13-6-3-4-7-15(13)19-16/h10,12H,3-7,9H2,1-2H3. The fourth-order valence-corrected chi connectivity index (χ4v) is 2.70. The molecule has 0 aliphatic heterocycles. The molecule has 0 aromatic carbocycles. The lowest BCUT2D eigenvalue weighted by Crippen LogP contribution is -2.33. The highest BCUT2D eigenvalue weighted by molar-refractivity contribution is 5.57. The number of nitriles is 2. The average molecular weight is 268 g/mol. The van der Waals surface area contributed by atoms with Crippen molar-refractivity contribution in [1.82, 2.24) is 4.98 Å². The predicted molar refractivity (Wildman–Crippen MR) is 78.3 cm³/mol. The summed E-state index contributed by atoms with van der Waals surface area (Å²) in [7, 11) is 0. The van der Waals surface area contributed by atoms with Gasteiger partial charge in [-0.2, -0.15) is 10.5 Å². The third-order valence-corrected chi connectivity index (χ3v) is 3.76. The molecule has 1 aliphatic carbocycles. The third kappa shape index (κ3) is 2.91. The van der Waals surface area contributed by atoms with Gasteiger partial charge < -0.3 is 4.90 Å². The number of nitrogens with zero attached hydrogens (tertiary/aromatic N) is 4. The van der Waals surface area contributed by atoms with Gasteiger partial charge in [0, 0.05) is 18.3 Å². The zero-order chi connectivity index (χ0) is 14.5. The van der Waals surface area contributed by atoms with E-state index in [4.69, 9.17) is 10.2 Å². The summed E-state index contributed by atoms with van der Waals surface area (Å²) >= 11 is 0. The van der Waals surface area contributed by atoms with Gasteiger partial charge in [0.2, 0.25) is 0 Å². The highest BCUT2D eigenvalue weighted by Crippen LogP contribution is 2.27. The second-order valence-corrected chi connectivity index (χ2v) is 5.48. The summed E-state index contributed by atoms with van der Waals surface area (Å²) in [6, 6.07) is 6.67. The van der Waals surface area contributed by atoms with Gasteiger partial charge in [-0.1, -0.05) is 0 Å². The fourth-order valence-electron chi connectivity index (χ4n) is 2.70. The Kier molecular flexibility index (Phi) is 4.58. The van der Waals surface area contributed by atoms with Gasteiger partial charge in [-0.25, -0.2) is 4.98 Å². The molecule has 0 spiro atoms. The van der Waals surface area contributed by atoms with Crippen LogP contribution in [0, 0.1) is 22.7 Å². The normalized spacial score (nSPS) is 13.4. The quantitative estimate of drug-likeness (QED) is 0.842. The second kappa shape index (κ2) is 6.39. The highest BCUT2D eigenvalue weighted by atomic mass is 15.2. The van der Waals surface area contributed by atoms with Crippen LogP contribution in [-0.2, 0) is 12.8 Å². The number of hydrogen-bond donors (Lipinski definition) is 0. The van der Waals surface area contributed by atoms with Gasteiger partial charge in [0.1, 0.15) is 11.9 Å². The van der Waals surface area contributed by atoms with Crippen molar-refractivity contribution in [2.24, 2.45) is 0 Å². The summed E-state index contributed by atoms with van der Waals surface area (Å²) in [6.07, 6.45) is 4.82. The van der Waals surface area contributed by atoms with E-state index in [0.29, 0.717) is 18.5 Å². The van der Waals surface area contributed by atoms with Crippen molar-refractivity contribution >= 4 is 5.82 Å². The molecule has 0 saturated carbocycles. The number of rotatable bonds is 4. The smallest absolute Gasteiger partial charge is 0.147 e. The predicted octanol–water partition coefficient (Wildman–Crippen LogP) is 2.96. The Morgan fingerprint density at radius 1 is 1.30 bits per heavy atom. The molecule has 4 heteroatoms. The first kappa shape index (κ1) is 14.3. The molecule has 2 rings (SSSR count). The van der Waals surface area contributed by atoms with Crippen molar-refractivity contribution in [3.05, 3.63) is 22.9 Å². The van der Waals surface area contributed by atoms with Gasteiger partial charge in [-0.05, 0) is 51.2 Å². The summed E-state index contributed by atoms with van der Waals surface area (Å²) in [4.78, 5) is 6.82. The molecule has 4 nitrogen and oxygen atoms in total. The fraction of sp³-hybridized carbons (Fsp3) is 0.562. The molecule has 0 bridgehead atoms. The Morgan fingerprint density at radius 3 is 2.70 bits per heavy atom. The van der Waals surface area contributed by atoms with Crippen molar-refractivity contribution in [2.45, 2.75) is 52.0 Å². The molecule has 0 N–H and O–H groups in total. The molecule has 0 atom stereocenters. The Labute approximate surface area is 120 Å². The average Bonchev–Trinajstić information content (AvgIpc) is 2.46. The molecule has 104 valence electrons. The van der Waals surface area contributed by atoms with Crippen LogP contribution in [0.25, 0.3) is 0 Å². The van der Waals surface area contributed by atoms with Crippen LogP contribution in [0.2, 0.25) is 0 Å². The minimum absolute atomic E-state index is 0.226. The Hall–Kier alpha value is -2.07. The number of pyridine rings is 1. The van der Waals surface area contributed by atoms with Crippen LogP contribution in [0.1, 0.15) is 49.9 Å². The number of aromatic nitrogens is 1. The molecule has 0 radical (unpaired) electrons. The molecule has 0 unspecified atom stereocenters. The van der Waals surface area contributed by atoms with Gasteiger partial charge in [-0.15, -0.1) is 0 Å². The van der Waals surface area contributed by atoms with E-state index in [1.807, 2.05) is 6.07 Å². The van der Waals surface area contributed by atoms with E-state index in [1.54, 1.807) is 0 Å². The maximum atomic E-state index is 9.39. The summed E-state index contributed by atoms with van der Waals surface area (Å²) in [5.74, 6) is 0.749. The molecule has 0 saturated heterocycles. The molecule has 1 heterocycles. The van der Waals surface area contributed by atoms with Crippen LogP contribution in [0.4, 0.5) is 5.82 Å². The summed E-state index contributed by atoms with van der Waals surface area (Å²) < 4.78 is 0. The Morgan fingerprint density at radius 2 is 2.05 bits per heavy atom. The minimum atomic E-state index is 0.226. The maximum Gasteiger partial charge on any atom is 0.147 e. The topological polar surface area (TPSA) is 63.7 Å².